The second-order valence-electron chi connectivity index (χ2n) is 6.79. The highest BCUT2D eigenvalue weighted by molar-refractivity contribution is 5.68. The summed E-state index contributed by atoms with van der Waals surface area (Å²) in [7, 11) is 0. The van der Waals surface area contributed by atoms with E-state index in [4.69, 9.17) is 4.74 Å². The number of hydrogen-bond donors (Lipinski definition) is 2. The van der Waals surface area contributed by atoms with Gasteiger partial charge in [-0.25, -0.2) is 4.79 Å². The highest BCUT2D eigenvalue weighted by Gasteiger charge is 2.39. The van der Waals surface area contributed by atoms with Gasteiger partial charge in [-0.15, -0.1) is 0 Å². The van der Waals surface area contributed by atoms with Crippen LogP contribution < -0.4 is 10.6 Å². The molecule has 4 nitrogen and oxygen atoms in total. The number of rotatable bonds is 5. The Bertz CT molecular complexity index is 284. The van der Waals surface area contributed by atoms with E-state index in [0.717, 1.165) is 12.8 Å². The van der Waals surface area contributed by atoms with Gasteiger partial charge in [-0.3, -0.25) is 0 Å². The molecule has 0 bridgehead atoms. The first-order chi connectivity index (χ1) is 8.17. The van der Waals surface area contributed by atoms with Crippen molar-refractivity contribution >= 4 is 6.09 Å². The molecule has 3 unspecified atom stereocenters. The van der Waals surface area contributed by atoms with E-state index in [9.17, 15) is 4.79 Å². The van der Waals surface area contributed by atoms with Crippen molar-refractivity contribution in [2.24, 2.45) is 5.92 Å². The third-order valence-electron chi connectivity index (χ3n) is 2.82. The van der Waals surface area contributed by atoms with Gasteiger partial charge in [0.2, 0.25) is 0 Å². The number of hydrogen-bond acceptors (Lipinski definition) is 3. The van der Waals surface area contributed by atoms with Crippen LogP contribution in [0.2, 0.25) is 0 Å². The highest BCUT2D eigenvalue weighted by atomic mass is 16.6. The summed E-state index contributed by atoms with van der Waals surface area (Å²) in [4.78, 5) is 11.6. The molecule has 0 aromatic heterocycles. The molecule has 18 heavy (non-hydrogen) atoms. The zero-order valence-electron chi connectivity index (χ0n) is 12.5. The molecule has 0 aromatic carbocycles. The molecule has 2 N–H and O–H groups in total. The van der Waals surface area contributed by atoms with Crippen LogP contribution in [0.4, 0.5) is 4.79 Å². The van der Waals surface area contributed by atoms with Crippen LogP contribution in [0.3, 0.4) is 0 Å². The SMILES string of the molecule is CC(C)CC(C)NC1CC1NC(=O)OC(C)(C)C. The van der Waals surface area contributed by atoms with Crippen molar-refractivity contribution < 1.29 is 9.53 Å². The van der Waals surface area contributed by atoms with Crippen molar-refractivity contribution in [1.82, 2.24) is 10.6 Å². The molecule has 1 saturated carbocycles. The standard InChI is InChI=1S/C14H28N2O2/c1-9(2)7-10(3)15-11-8-12(11)16-13(17)18-14(4,5)6/h9-12,15H,7-8H2,1-6H3,(H,16,17). The first kappa shape index (κ1) is 15.3. The molecule has 1 fully saturated rings. The lowest BCUT2D eigenvalue weighted by Crippen LogP contribution is -2.38. The second kappa shape index (κ2) is 5.91. The molecule has 0 saturated heterocycles. The number of amides is 1. The number of nitrogens with one attached hydrogen (secondary N) is 2. The number of carbonyl (C=O) groups is 1. The number of alkyl carbamates (subject to hydrolysis) is 1. The average Bonchev–Trinajstić information content (AvgIpc) is 2.76. The van der Waals surface area contributed by atoms with Crippen molar-refractivity contribution in [3.8, 4) is 0 Å². The molecule has 0 radical (unpaired) electrons. The smallest absolute Gasteiger partial charge is 0.407 e. The Morgan fingerprint density at radius 3 is 2.39 bits per heavy atom. The van der Waals surface area contributed by atoms with Gasteiger partial charge in [-0.1, -0.05) is 13.8 Å². The van der Waals surface area contributed by atoms with E-state index in [1.807, 2.05) is 20.8 Å². The van der Waals surface area contributed by atoms with E-state index in [2.05, 4.69) is 31.4 Å². The van der Waals surface area contributed by atoms with E-state index in [1.165, 1.54) is 0 Å². The first-order valence-corrected chi connectivity index (χ1v) is 6.93. The molecule has 0 heterocycles. The van der Waals surface area contributed by atoms with E-state index in [0.29, 0.717) is 18.0 Å². The Hall–Kier alpha value is -0.770. The largest absolute Gasteiger partial charge is 0.444 e. The van der Waals surface area contributed by atoms with Gasteiger partial charge in [0.05, 0.1) is 0 Å². The predicted octanol–water partition coefficient (Wildman–Crippen LogP) is 2.68. The van der Waals surface area contributed by atoms with Crippen LogP contribution in [0.15, 0.2) is 0 Å². The lowest BCUT2D eigenvalue weighted by Gasteiger charge is -2.20. The third-order valence-corrected chi connectivity index (χ3v) is 2.82. The maximum Gasteiger partial charge on any atom is 0.407 e. The van der Waals surface area contributed by atoms with Crippen molar-refractivity contribution in [1.29, 1.82) is 0 Å². The van der Waals surface area contributed by atoms with Crippen molar-refractivity contribution in [3.05, 3.63) is 0 Å². The average molecular weight is 256 g/mol. The van der Waals surface area contributed by atoms with Gasteiger partial charge in [-0.05, 0) is 46.5 Å². The second-order valence-corrected chi connectivity index (χ2v) is 6.79. The maximum atomic E-state index is 11.6. The molecule has 3 atom stereocenters. The molecule has 0 aromatic rings. The quantitative estimate of drug-likeness (QED) is 0.795. The molecule has 0 aliphatic heterocycles. The highest BCUT2D eigenvalue weighted by Crippen LogP contribution is 2.23. The normalized spacial score (nSPS) is 24.8. The van der Waals surface area contributed by atoms with Crippen LogP contribution in [0.5, 0.6) is 0 Å². The van der Waals surface area contributed by atoms with Crippen LogP contribution in [-0.2, 0) is 4.74 Å². The van der Waals surface area contributed by atoms with Crippen molar-refractivity contribution in [2.75, 3.05) is 0 Å². The Labute approximate surface area is 111 Å². The molecule has 1 aliphatic carbocycles. The lowest BCUT2D eigenvalue weighted by atomic mass is 10.1. The van der Waals surface area contributed by atoms with E-state index in [1.54, 1.807) is 0 Å². The Balaban J connectivity index is 2.19. The molecular weight excluding hydrogens is 228 g/mol. The van der Waals surface area contributed by atoms with Crippen LogP contribution in [-0.4, -0.2) is 29.8 Å². The Kier molecular flexibility index (Phi) is 5.02. The van der Waals surface area contributed by atoms with Gasteiger partial charge in [0.1, 0.15) is 5.60 Å². The molecule has 106 valence electrons. The van der Waals surface area contributed by atoms with Gasteiger partial charge < -0.3 is 15.4 Å². The summed E-state index contributed by atoms with van der Waals surface area (Å²) in [5, 5.41) is 6.43. The molecule has 1 rings (SSSR count). The van der Waals surface area contributed by atoms with Gasteiger partial charge >= 0.3 is 6.09 Å². The summed E-state index contributed by atoms with van der Waals surface area (Å²) in [5.41, 5.74) is -0.424. The summed E-state index contributed by atoms with van der Waals surface area (Å²) in [6, 6.07) is 1.14. The fourth-order valence-corrected chi connectivity index (χ4v) is 2.14. The fraction of sp³-hybridized carbons (Fsp3) is 0.929. The van der Waals surface area contributed by atoms with Gasteiger partial charge in [0.15, 0.2) is 0 Å². The van der Waals surface area contributed by atoms with Crippen molar-refractivity contribution in [3.63, 3.8) is 0 Å². The summed E-state index contributed by atoms with van der Waals surface area (Å²) in [6.07, 6.45) is 1.85. The van der Waals surface area contributed by atoms with Gasteiger partial charge in [0.25, 0.3) is 0 Å². The molecule has 4 heteroatoms. The van der Waals surface area contributed by atoms with Crippen LogP contribution >= 0.6 is 0 Å². The zero-order valence-corrected chi connectivity index (χ0v) is 12.5. The molecule has 1 aliphatic rings. The Morgan fingerprint density at radius 2 is 1.89 bits per heavy atom. The van der Waals surface area contributed by atoms with Gasteiger partial charge in [-0.2, -0.15) is 0 Å². The first-order valence-electron chi connectivity index (χ1n) is 6.93. The lowest BCUT2D eigenvalue weighted by molar-refractivity contribution is 0.0521. The third kappa shape index (κ3) is 6.24. The van der Waals surface area contributed by atoms with Crippen LogP contribution in [0.25, 0.3) is 0 Å². The Morgan fingerprint density at radius 1 is 1.28 bits per heavy atom. The molecular formula is C14H28N2O2. The van der Waals surface area contributed by atoms with Crippen molar-refractivity contribution in [2.45, 2.75) is 78.1 Å². The number of carbonyl (C=O) groups excluding carboxylic acids is 1. The number of ether oxygens (including phenoxy) is 1. The predicted molar refractivity (Wildman–Crippen MR) is 73.6 cm³/mol. The topological polar surface area (TPSA) is 50.4 Å². The minimum atomic E-state index is -0.424. The van der Waals surface area contributed by atoms with Crippen LogP contribution in [0, 0.1) is 5.92 Å². The maximum absolute atomic E-state index is 11.6. The summed E-state index contributed by atoms with van der Waals surface area (Å²) >= 11 is 0. The van der Waals surface area contributed by atoms with Crippen LogP contribution in [0.1, 0.15) is 54.4 Å². The summed E-state index contributed by atoms with van der Waals surface area (Å²) < 4.78 is 5.23. The zero-order chi connectivity index (χ0) is 13.9. The summed E-state index contributed by atoms with van der Waals surface area (Å²) in [5.74, 6) is 0.698. The minimum absolute atomic E-state index is 0.231. The monoisotopic (exact) mass is 256 g/mol. The molecule has 0 spiro atoms. The van der Waals surface area contributed by atoms with Gasteiger partial charge in [0, 0.05) is 18.1 Å². The van der Waals surface area contributed by atoms with E-state index >= 15 is 0 Å². The fourth-order valence-electron chi connectivity index (χ4n) is 2.14. The van der Waals surface area contributed by atoms with E-state index < -0.39 is 5.60 Å². The minimum Gasteiger partial charge on any atom is -0.444 e. The van der Waals surface area contributed by atoms with E-state index in [-0.39, 0.29) is 12.1 Å². The summed E-state index contributed by atoms with van der Waals surface area (Å²) in [6.45, 7) is 12.3. The molecule has 1 amide bonds.